The first-order valence-electron chi connectivity index (χ1n) is 6.99. The number of carboxylic acid groups (broad SMARTS) is 1. The Morgan fingerprint density at radius 1 is 1.14 bits per heavy atom. The maximum absolute atomic E-state index is 12.1. The SMILES string of the molecule is Cc1cc(C)c(NC(=O)NC(C)(C)CCC(=O)O)c(C)c1. The molecule has 1 aromatic carbocycles. The number of rotatable bonds is 5. The second-order valence-corrected chi connectivity index (χ2v) is 6.13. The van der Waals surface area contributed by atoms with Crippen molar-refractivity contribution >= 4 is 17.7 Å². The van der Waals surface area contributed by atoms with E-state index in [4.69, 9.17) is 5.11 Å². The third kappa shape index (κ3) is 5.45. The Balaban J connectivity index is 2.72. The normalized spacial score (nSPS) is 11.1. The first-order valence-corrected chi connectivity index (χ1v) is 6.99. The Kier molecular flexibility index (Phi) is 5.35. The third-order valence-corrected chi connectivity index (χ3v) is 3.33. The molecule has 0 saturated heterocycles. The van der Waals surface area contributed by atoms with Crippen molar-refractivity contribution in [2.45, 2.75) is 53.0 Å². The number of aliphatic carboxylic acids is 1. The van der Waals surface area contributed by atoms with Gasteiger partial charge in [-0.25, -0.2) is 4.79 Å². The van der Waals surface area contributed by atoms with Crippen LogP contribution in [0.25, 0.3) is 0 Å². The smallest absolute Gasteiger partial charge is 0.319 e. The molecule has 116 valence electrons. The lowest BCUT2D eigenvalue weighted by molar-refractivity contribution is -0.137. The largest absolute Gasteiger partial charge is 0.481 e. The quantitative estimate of drug-likeness (QED) is 0.778. The molecule has 0 spiro atoms. The summed E-state index contributed by atoms with van der Waals surface area (Å²) >= 11 is 0. The predicted molar refractivity (Wildman–Crippen MR) is 83.8 cm³/mol. The predicted octanol–water partition coefficient (Wildman–Crippen LogP) is 3.38. The first-order chi connectivity index (χ1) is 9.60. The fourth-order valence-electron chi connectivity index (χ4n) is 2.31. The van der Waals surface area contributed by atoms with Gasteiger partial charge >= 0.3 is 12.0 Å². The highest BCUT2D eigenvalue weighted by Crippen LogP contribution is 2.22. The molecule has 0 aliphatic carbocycles. The lowest BCUT2D eigenvalue weighted by atomic mass is 9.99. The van der Waals surface area contributed by atoms with Gasteiger partial charge in [-0.2, -0.15) is 0 Å². The van der Waals surface area contributed by atoms with E-state index in [1.54, 1.807) is 0 Å². The number of carbonyl (C=O) groups excluding carboxylic acids is 1. The summed E-state index contributed by atoms with van der Waals surface area (Å²) in [5, 5.41) is 14.4. The van der Waals surface area contributed by atoms with Gasteiger partial charge in [0.2, 0.25) is 0 Å². The maximum Gasteiger partial charge on any atom is 0.319 e. The van der Waals surface area contributed by atoms with Gasteiger partial charge in [0.15, 0.2) is 0 Å². The molecule has 21 heavy (non-hydrogen) atoms. The number of carboxylic acids is 1. The summed E-state index contributed by atoms with van der Waals surface area (Å²) in [7, 11) is 0. The lowest BCUT2D eigenvalue weighted by Crippen LogP contribution is -2.46. The molecule has 1 rings (SSSR count). The monoisotopic (exact) mass is 292 g/mol. The minimum absolute atomic E-state index is 0.0237. The topological polar surface area (TPSA) is 78.4 Å². The highest BCUT2D eigenvalue weighted by Gasteiger charge is 2.22. The second-order valence-electron chi connectivity index (χ2n) is 6.13. The van der Waals surface area contributed by atoms with E-state index in [1.807, 2.05) is 46.8 Å². The lowest BCUT2D eigenvalue weighted by Gasteiger charge is -2.26. The van der Waals surface area contributed by atoms with Crippen molar-refractivity contribution in [3.05, 3.63) is 28.8 Å². The van der Waals surface area contributed by atoms with Crippen LogP contribution in [0.5, 0.6) is 0 Å². The molecule has 0 atom stereocenters. The van der Waals surface area contributed by atoms with Gasteiger partial charge in [-0.15, -0.1) is 0 Å². The van der Waals surface area contributed by atoms with Gasteiger partial charge in [0.25, 0.3) is 0 Å². The standard InChI is InChI=1S/C16H24N2O3/c1-10-8-11(2)14(12(3)9-10)17-15(21)18-16(4,5)7-6-13(19)20/h8-9H,6-7H2,1-5H3,(H,19,20)(H2,17,18,21). The molecule has 0 unspecified atom stereocenters. The Bertz CT molecular complexity index is 527. The van der Waals surface area contributed by atoms with Gasteiger partial charge in [-0.05, 0) is 52.2 Å². The third-order valence-electron chi connectivity index (χ3n) is 3.33. The van der Waals surface area contributed by atoms with Gasteiger partial charge < -0.3 is 15.7 Å². The first kappa shape index (κ1) is 17.0. The van der Waals surface area contributed by atoms with Gasteiger partial charge in [0.1, 0.15) is 0 Å². The van der Waals surface area contributed by atoms with Crippen molar-refractivity contribution in [3.63, 3.8) is 0 Å². The number of urea groups is 1. The Morgan fingerprint density at radius 2 is 1.67 bits per heavy atom. The zero-order chi connectivity index (χ0) is 16.2. The average molecular weight is 292 g/mol. The van der Waals surface area contributed by atoms with Crippen molar-refractivity contribution in [2.75, 3.05) is 5.32 Å². The Hall–Kier alpha value is -2.04. The van der Waals surface area contributed by atoms with Crippen LogP contribution in [-0.2, 0) is 4.79 Å². The number of benzene rings is 1. The van der Waals surface area contributed by atoms with Crippen LogP contribution < -0.4 is 10.6 Å². The molecular formula is C16H24N2O3. The summed E-state index contributed by atoms with van der Waals surface area (Å²) in [4.78, 5) is 22.7. The minimum atomic E-state index is -0.865. The molecule has 0 bridgehead atoms. The maximum atomic E-state index is 12.1. The van der Waals surface area contributed by atoms with Gasteiger partial charge in [0, 0.05) is 17.6 Å². The Labute approximate surface area is 125 Å². The molecule has 5 heteroatoms. The number of hydrogen-bond acceptors (Lipinski definition) is 2. The Morgan fingerprint density at radius 3 is 2.14 bits per heavy atom. The molecule has 0 saturated carbocycles. The molecule has 0 aliphatic rings. The highest BCUT2D eigenvalue weighted by molar-refractivity contribution is 5.91. The van der Waals surface area contributed by atoms with Crippen LogP contribution in [0.2, 0.25) is 0 Å². The number of carbonyl (C=O) groups is 2. The van der Waals surface area contributed by atoms with Crippen LogP contribution in [0.4, 0.5) is 10.5 Å². The van der Waals surface area contributed by atoms with Crippen LogP contribution in [0.3, 0.4) is 0 Å². The average Bonchev–Trinajstić information content (AvgIpc) is 2.31. The van der Waals surface area contributed by atoms with Crippen LogP contribution in [0.1, 0.15) is 43.4 Å². The van der Waals surface area contributed by atoms with E-state index in [9.17, 15) is 9.59 Å². The second kappa shape index (κ2) is 6.61. The molecule has 3 N–H and O–H groups in total. The van der Waals surface area contributed by atoms with Gasteiger partial charge in [-0.1, -0.05) is 17.7 Å². The van der Waals surface area contributed by atoms with Crippen molar-refractivity contribution in [1.82, 2.24) is 5.32 Å². The number of hydrogen-bond donors (Lipinski definition) is 3. The van der Waals surface area contributed by atoms with E-state index < -0.39 is 11.5 Å². The van der Waals surface area contributed by atoms with Crippen LogP contribution >= 0.6 is 0 Å². The van der Waals surface area contributed by atoms with E-state index >= 15 is 0 Å². The van der Waals surface area contributed by atoms with Crippen LogP contribution in [0.15, 0.2) is 12.1 Å². The summed E-state index contributed by atoms with van der Waals surface area (Å²) in [5.74, 6) is -0.865. The van der Waals surface area contributed by atoms with Crippen LogP contribution in [0, 0.1) is 20.8 Å². The minimum Gasteiger partial charge on any atom is -0.481 e. The zero-order valence-corrected chi connectivity index (χ0v) is 13.3. The van der Waals surface area contributed by atoms with Crippen molar-refractivity contribution in [3.8, 4) is 0 Å². The van der Waals surface area contributed by atoms with Gasteiger partial charge in [-0.3, -0.25) is 4.79 Å². The summed E-state index contributed by atoms with van der Waals surface area (Å²) in [6, 6.07) is 3.71. The van der Waals surface area contributed by atoms with E-state index in [-0.39, 0.29) is 12.5 Å². The van der Waals surface area contributed by atoms with Crippen molar-refractivity contribution < 1.29 is 14.7 Å². The van der Waals surface area contributed by atoms with E-state index in [1.165, 1.54) is 0 Å². The summed E-state index contributed by atoms with van der Waals surface area (Å²) in [5.41, 5.74) is 3.39. The molecule has 0 radical (unpaired) electrons. The fourth-order valence-corrected chi connectivity index (χ4v) is 2.31. The molecule has 0 fully saturated rings. The highest BCUT2D eigenvalue weighted by atomic mass is 16.4. The van der Waals surface area contributed by atoms with E-state index in [0.29, 0.717) is 6.42 Å². The van der Waals surface area contributed by atoms with Gasteiger partial charge in [0.05, 0.1) is 0 Å². The van der Waals surface area contributed by atoms with Crippen LogP contribution in [-0.4, -0.2) is 22.6 Å². The van der Waals surface area contributed by atoms with Crippen molar-refractivity contribution in [1.29, 1.82) is 0 Å². The van der Waals surface area contributed by atoms with E-state index in [2.05, 4.69) is 10.6 Å². The molecule has 2 amide bonds. The summed E-state index contributed by atoms with van der Waals surface area (Å²) in [6.45, 7) is 9.53. The molecular weight excluding hydrogens is 268 g/mol. The molecule has 1 aromatic rings. The number of nitrogens with one attached hydrogen (secondary N) is 2. The zero-order valence-electron chi connectivity index (χ0n) is 13.3. The summed E-state index contributed by atoms with van der Waals surface area (Å²) in [6.07, 6.45) is 0.400. The van der Waals surface area contributed by atoms with E-state index in [0.717, 1.165) is 22.4 Å². The molecule has 0 heterocycles. The molecule has 5 nitrogen and oxygen atoms in total. The summed E-state index contributed by atoms with van der Waals surface area (Å²) < 4.78 is 0. The number of aryl methyl sites for hydroxylation is 3. The number of anilines is 1. The van der Waals surface area contributed by atoms with Crippen molar-refractivity contribution in [2.24, 2.45) is 0 Å². The molecule has 0 aliphatic heterocycles. The number of amides is 2. The fraction of sp³-hybridized carbons (Fsp3) is 0.500. The molecule has 0 aromatic heterocycles.